The van der Waals surface area contributed by atoms with Gasteiger partial charge in [0.1, 0.15) is 17.6 Å². The summed E-state index contributed by atoms with van der Waals surface area (Å²) in [5.41, 5.74) is 1.17. The smallest absolute Gasteiger partial charge is 0.343 e. The maximum Gasteiger partial charge on any atom is 0.343 e. The highest BCUT2D eigenvalue weighted by atomic mass is 16.6. The van der Waals surface area contributed by atoms with Gasteiger partial charge in [0.25, 0.3) is 0 Å². The van der Waals surface area contributed by atoms with Crippen LogP contribution in [0.3, 0.4) is 0 Å². The molecule has 8 heteroatoms. The molecule has 0 aliphatic heterocycles. The van der Waals surface area contributed by atoms with E-state index in [-0.39, 0.29) is 12.4 Å². The number of ketones is 1. The highest BCUT2D eigenvalue weighted by Gasteiger charge is 2.21. The molecule has 0 saturated carbocycles. The van der Waals surface area contributed by atoms with E-state index in [9.17, 15) is 9.59 Å². The largest absolute Gasteiger partial charge is 0.493 e. The van der Waals surface area contributed by atoms with E-state index in [0.717, 1.165) is 0 Å². The molecule has 0 spiro atoms. The molecule has 0 saturated heterocycles. The number of carbonyl (C=O) groups is 2. The Hall–Kier alpha value is -3.68. The monoisotopic (exact) mass is 400 g/mol. The second kappa shape index (κ2) is 8.55. The van der Waals surface area contributed by atoms with Crippen LogP contribution >= 0.6 is 0 Å². The van der Waals surface area contributed by atoms with E-state index in [1.165, 1.54) is 34.7 Å². The summed E-state index contributed by atoms with van der Waals surface area (Å²) in [5, 5.41) is 0.547. The number of carbonyl (C=O) groups excluding carboxylic acids is 2. The minimum atomic E-state index is -0.508. The van der Waals surface area contributed by atoms with Crippen LogP contribution in [-0.2, 0) is 9.53 Å². The molecule has 0 amide bonds. The summed E-state index contributed by atoms with van der Waals surface area (Å²) in [4.78, 5) is 24.4. The van der Waals surface area contributed by atoms with Gasteiger partial charge in [-0.25, -0.2) is 4.79 Å². The lowest BCUT2D eigenvalue weighted by Crippen LogP contribution is -2.12. The lowest BCUT2D eigenvalue weighted by atomic mass is 10.0. The number of benzene rings is 2. The predicted octanol–water partition coefficient (Wildman–Crippen LogP) is 3.24. The molecule has 8 nitrogen and oxygen atoms in total. The van der Waals surface area contributed by atoms with E-state index in [0.29, 0.717) is 45.1 Å². The summed E-state index contributed by atoms with van der Waals surface area (Å²) in [5.74, 6) is 0.722. The van der Waals surface area contributed by atoms with Gasteiger partial charge < -0.3 is 28.1 Å². The Labute approximate surface area is 166 Å². The van der Waals surface area contributed by atoms with Crippen molar-refractivity contribution in [3.05, 3.63) is 47.7 Å². The quantitative estimate of drug-likeness (QED) is 0.420. The van der Waals surface area contributed by atoms with E-state index in [1.807, 2.05) is 0 Å². The molecule has 0 aliphatic rings. The minimum Gasteiger partial charge on any atom is -0.493 e. The van der Waals surface area contributed by atoms with Crippen LogP contribution in [0.2, 0.25) is 0 Å². The molecule has 0 N–H and O–H groups in total. The van der Waals surface area contributed by atoms with Crippen molar-refractivity contribution in [3.8, 4) is 23.0 Å². The molecular formula is C21H20O8. The number of rotatable bonds is 8. The van der Waals surface area contributed by atoms with Crippen molar-refractivity contribution < 1.29 is 37.7 Å². The first-order valence-electron chi connectivity index (χ1n) is 8.58. The van der Waals surface area contributed by atoms with Gasteiger partial charge in [0.2, 0.25) is 5.75 Å². The summed E-state index contributed by atoms with van der Waals surface area (Å²) < 4.78 is 31.4. The van der Waals surface area contributed by atoms with Crippen molar-refractivity contribution in [2.45, 2.75) is 0 Å². The van der Waals surface area contributed by atoms with Crippen molar-refractivity contribution in [1.82, 2.24) is 0 Å². The number of ether oxygens (including phenoxy) is 5. The SMILES string of the molecule is COC(=O)COc1ccc2occ(C(=O)c3cc(OC)c(OC)c(OC)c3)c2c1. The first-order chi connectivity index (χ1) is 14.0. The molecule has 0 atom stereocenters. The van der Waals surface area contributed by atoms with Crippen molar-refractivity contribution >= 4 is 22.7 Å². The van der Waals surface area contributed by atoms with Gasteiger partial charge in [0.05, 0.1) is 34.0 Å². The fraction of sp³-hybridized carbons (Fsp3) is 0.238. The molecule has 3 rings (SSSR count). The van der Waals surface area contributed by atoms with E-state index in [2.05, 4.69) is 4.74 Å². The predicted molar refractivity (Wildman–Crippen MR) is 103 cm³/mol. The van der Waals surface area contributed by atoms with Gasteiger partial charge in [0, 0.05) is 10.9 Å². The molecule has 0 radical (unpaired) electrons. The molecule has 0 aliphatic carbocycles. The van der Waals surface area contributed by atoms with Crippen LogP contribution in [-0.4, -0.2) is 46.8 Å². The number of hydrogen-bond acceptors (Lipinski definition) is 8. The number of furan rings is 1. The molecule has 152 valence electrons. The third-order valence-electron chi connectivity index (χ3n) is 4.30. The van der Waals surface area contributed by atoms with Crippen LogP contribution in [0.4, 0.5) is 0 Å². The Kier molecular flexibility index (Phi) is 5.92. The van der Waals surface area contributed by atoms with E-state index in [1.54, 1.807) is 30.3 Å². The lowest BCUT2D eigenvalue weighted by molar-refractivity contribution is -0.142. The molecule has 1 aromatic heterocycles. The summed E-state index contributed by atoms with van der Waals surface area (Å²) in [6.07, 6.45) is 1.38. The van der Waals surface area contributed by atoms with Gasteiger partial charge in [-0.1, -0.05) is 0 Å². The Bertz CT molecular complexity index is 1030. The molecule has 3 aromatic rings. The second-order valence-electron chi connectivity index (χ2n) is 5.92. The van der Waals surface area contributed by atoms with Crippen LogP contribution in [0, 0.1) is 0 Å². The highest BCUT2D eigenvalue weighted by Crippen LogP contribution is 2.39. The van der Waals surface area contributed by atoms with Crippen molar-refractivity contribution in [2.75, 3.05) is 35.0 Å². The zero-order valence-corrected chi connectivity index (χ0v) is 16.4. The number of hydrogen-bond donors (Lipinski definition) is 0. The molecule has 2 aromatic carbocycles. The maximum absolute atomic E-state index is 13.2. The van der Waals surface area contributed by atoms with Gasteiger partial charge in [0.15, 0.2) is 23.9 Å². The average molecular weight is 400 g/mol. The topological polar surface area (TPSA) is 93.4 Å². The number of esters is 1. The minimum absolute atomic E-state index is 0.240. The van der Waals surface area contributed by atoms with Crippen LogP contribution in [0.1, 0.15) is 15.9 Å². The van der Waals surface area contributed by atoms with Crippen LogP contribution in [0.25, 0.3) is 11.0 Å². The Morgan fingerprint density at radius 2 is 1.62 bits per heavy atom. The molecule has 1 heterocycles. The van der Waals surface area contributed by atoms with Gasteiger partial charge in [-0.05, 0) is 30.3 Å². The van der Waals surface area contributed by atoms with Crippen molar-refractivity contribution in [2.24, 2.45) is 0 Å². The van der Waals surface area contributed by atoms with Gasteiger partial charge >= 0.3 is 5.97 Å². The summed E-state index contributed by atoms with van der Waals surface area (Å²) in [6, 6.07) is 8.07. The van der Waals surface area contributed by atoms with Crippen LogP contribution < -0.4 is 18.9 Å². The fourth-order valence-corrected chi connectivity index (χ4v) is 2.84. The lowest BCUT2D eigenvalue weighted by Gasteiger charge is -2.13. The van der Waals surface area contributed by atoms with E-state index >= 15 is 0 Å². The van der Waals surface area contributed by atoms with Gasteiger partial charge in [-0.15, -0.1) is 0 Å². The van der Waals surface area contributed by atoms with E-state index < -0.39 is 5.97 Å². The number of methoxy groups -OCH3 is 4. The van der Waals surface area contributed by atoms with Gasteiger partial charge in [-0.3, -0.25) is 4.79 Å². The molecule has 0 unspecified atom stereocenters. The summed E-state index contributed by atoms with van der Waals surface area (Å²) in [7, 11) is 5.72. The molecule has 0 fully saturated rings. The van der Waals surface area contributed by atoms with Crippen molar-refractivity contribution in [1.29, 1.82) is 0 Å². The Morgan fingerprint density at radius 3 is 2.21 bits per heavy atom. The molecule has 0 bridgehead atoms. The fourth-order valence-electron chi connectivity index (χ4n) is 2.84. The zero-order chi connectivity index (χ0) is 21.0. The number of fused-ring (bicyclic) bond motifs is 1. The Morgan fingerprint density at radius 1 is 0.931 bits per heavy atom. The third kappa shape index (κ3) is 3.96. The normalized spacial score (nSPS) is 10.5. The van der Waals surface area contributed by atoms with Crippen LogP contribution in [0.15, 0.2) is 41.0 Å². The maximum atomic E-state index is 13.2. The van der Waals surface area contributed by atoms with Gasteiger partial charge in [-0.2, -0.15) is 0 Å². The zero-order valence-electron chi connectivity index (χ0n) is 16.4. The van der Waals surface area contributed by atoms with Crippen molar-refractivity contribution in [3.63, 3.8) is 0 Å². The summed E-state index contributed by atoms with van der Waals surface area (Å²) >= 11 is 0. The second-order valence-corrected chi connectivity index (χ2v) is 5.92. The first-order valence-corrected chi connectivity index (χ1v) is 8.58. The average Bonchev–Trinajstić information content (AvgIpc) is 3.18. The standard InChI is InChI=1S/C21H20O8/c1-24-17-7-12(8-18(25-2)21(17)27-4)20(23)15-10-29-16-6-5-13(9-14(15)16)28-11-19(22)26-3/h5-10H,11H2,1-4H3. The highest BCUT2D eigenvalue weighted by molar-refractivity contribution is 6.16. The molecule has 29 heavy (non-hydrogen) atoms. The molecular weight excluding hydrogens is 380 g/mol. The first kappa shape index (κ1) is 20.1. The van der Waals surface area contributed by atoms with E-state index in [4.69, 9.17) is 23.4 Å². The summed E-state index contributed by atoms with van der Waals surface area (Å²) in [6.45, 7) is -0.240. The third-order valence-corrected chi connectivity index (χ3v) is 4.30. The van der Waals surface area contributed by atoms with Crippen LogP contribution in [0.5, 0.6) is 23.0 Å². The Balaban J connectivity index is 2.00.